The Morgan fingerprint density at radius 2 is 2.19 bits per heavy atom. The molecule has 1 rings (SSSR count). The van der Waals surface area contributed by atoms with E-state index in [9.17, 15) is 4.39 Å². The van der Waals surface area contributed by atoms with E-state index in [1.54, 1.807) is 6.07 Å². The van der Waals surface area contributed by atoms with Crippen LogP contribution in [0.25, 0.3) is 0 Å². The molecule has 4 nitrogen and oxygen atoms in total. The molecule has 0 amide bonds. The van der Waals surface area contributed by atoms with Gasteiger partial charge in [-0.3, -0.25) is 0 Å². The molecule has 1 unspecified atom stereocenters. The van der Waals surface area contributed by atoms with Crippen LogP contribution in [0.15, 0.2) is 18.2 Å². The van der Waals surface area contributed by atoms with Crippen molar-refractivity contribution in [1.29, 1.82) is 0 Å². The van der Waals surface area contributed by atoms with Gasteiger partial charge in [0.25, 0.3) is 0 Å². The Balaban J connectivity index is 2.69. The molecule has 1 aromatic carbocycles. The molecule has 1 atom stereocenters. The van der Waals surface area contributed by atoms with Gasteiger partial charge in [-0.15, -0.1) is 0 Å². The molecule has 1 aromatic rings. The summed E-state index contributed by atoms with van der Waals surface area (Å²) < 4.78 is 18.1. The summed E-state index contributed by atoms with van der Waals surface area (Å²) in [5.74, 6) is -0.290. The Morgan fingerprint density at radius 1 is 1.44 bits per heavy atom. The van der Waals surface area contributed by atoms with Crippen molar-refractivity contribution < 1.29 is 19.3 Å². The molecular weight excluding hydrogens is 213 g/mol. The predicted molar refractivity (Wildman–Crippen MR) is 59.2 cm³/mol. The number of rotatable bonds is 6. The number of methoxy groups -OCH3 is 1. The lowest BCUT2D eigenvalue weighted by molar-refractivity contribution is 0.229. The van der Waals surface area contributed by atoms with E-state index in [-0.39, 0.29) is 25.0 Å². The number of aliphatic hydroxyl groups is 2. The van der Waals surface area contributed by atoms with E-state index >= 15 is 0 Å². The first-order valence-corrected chi connectivity index (χ1v) is 5.03. The van der Waals surface area contributed by atoms with Crippen molar-refractivity contribution in [2.75, 3.05) is 25.6 Å². The number of nitrogens with one attached hydrogen (secondary N) is 1. The lowest BCUT2D eigenvalue weighted by Crippen LogP contribution is -2.24. The van der Waals surface area contributed by atoms with E-state index in [0.717, 1.165) is 0 Å². The Labute approximate surface area is 93.7 Å². The monoisotopic (exact) mass is 229 g/mol. The maximum atomic E-state index is 13.3. The lowest BCUT2D eigenvalue weighted by Gasteiger charge is -2.16. The summed E-state index contributed by atoms with van der Waals surface area (Å²) in [6, 6.07) is 4.17. The van der Waals surface area contributed by atoms with Crippen LogP contribution in [-0.2, 0) is 0 Å². The third-order valence-corrected chi connectivity index (χ3v) is 2.22. The zero-order valence-electron chi connectivity index (χ0n) is 9.11. The second-order valence-electron chi connectivity index (χ2n) is 3.39. The van der Waals surface area contributed by atoms with Gasteiger partial charge in [-0.1, -0.05) is 0 Å². The fourth-order valence-electron chi connectivity index (χ4n) is 1.36. The molecule has 90 valence electrons. The summed E-state index contributed by atoms with van der Waals surface area (Å²) >= 11 is 0. The topological polar surface area (TPSA) is 61.7 Å². The number of aliphatic hydroxyl groups excluding tert-OH is 2. The summed E-state index contributed by atoms with van der Waals surface area (Å²) in [7, 11) is 1.40. The van der Waals surface area contributed by atoms with E-state index in [2.05, 4.69) is 5.32 Å². The Hall–Kier alpha value is -1.33. The van der Waals surface area contributed by atoms with Gasteiger partial charge in [-0.25, -0.2) is 4.39 Å². The smallest absolute Gasteiger partial charge is 0.167 e. The van der Waals surface area contributed by atoms with E-state index < -0.39 is 5.82 Å². The molecule has 0 saturated heterocycles. The fraction of sp³-hybridized carbons (Fsp3) is 0.455. The van der Waals surface area contributed by atoms with Gasteiger partial charge in [0.15, 0.2) is 11.6 Å². The van der Waals surface area contributed by atoms with E-state index in [0.29, 0.717) is 12.1 Å². The molecule has 0 aliphatic heterocycles. The highest BCUT2D eigenvalue weighted by atomic mass is 19.1. The second-order valence-corrected chi connectivity index (χ2v) is 3.39. The molecule has 5 heteroatoms. The van der Waals surface area contributed by atoms with Gasteiger partial charge in [0.1, 0.15) is 0 Å². The Bertz CT molecular complexity index is 333. The molecule has 16 heavy (non-hydrogen) atoms. The highest BCUT2D eigenvalue weighted by molar-refractivity contribution is 5.48. The van der Waals surface area contributed by atoms with Crippen molar-refractivity contribution in [3.63, 3.8) is 0 Å². The van der Waals surface area contributed by atoms with Crippen molar-refractivity contribution in [1.82, 2.24) is 0 Å². The van der Waals surface area contributed by atoms with Gasteiger partial charge in [0.2, 0.25) is 0 Å². The van der Waals surface area contributed by atoms with Crippen LogP contribution in [0.5, 0.6) is 5.75 Å². The summed E-state index contributed by atoms with van der Waals surface area (Å²) in [5, 5.41) is 20.7. The van der Waals surface area contributed by atoms with E-state index in [1.165, 1.54) is 19.2 Å². The molecule has 0 aromatic heterocycles. The van der Waals surface area contributed by atoms with Crippen LogP contribution in [0.3, 0.4) is 0 Å². The molecule has 3 N–H and O–H groups in total. The van der Waals surface area contributed by atoms with Crippen molar-refractivity contribution in [2.45, 2.75) is 12.5 Å². The van der Waals surface area contributed by atoms with Crippen molar-refractivity contribution in [2.24, 2.45) is 0 Å². The number of anilines is 1. The molecule has 0 aliphatic rings. The maximum absolute atomic E-state index is 13.3. The average Bonchev–Trinajstić information content (AvgIpc) is 2.28. The highest BCUT2D eigenvalue weighted by Gasteiger charge is 2.08. The quantitative estimate of drug-likeness (QED) is 0.680. The van der Waals surface area contributed by atoms with Crippen LogP contribution in [0, 0.1) is 5.82 Å². The van der Waals surface area contributed by atoms with Crippen molar-refractivity contribution >= 4 is 5.69 Å². The number of hydrogen-bond acceptors (Lipinski definition) is 4. The normalized spacial score (nSPS) is 12.2. The van der Waals surface area contributed by atoms with E-state index in [4.69, 9.17) is 14.9 Å². The van der Waals surface area contributed by atoms with Crippen LogP contribution in [-0.4, -0.2) is 36.6 Å². The first-order valence-electron chi connectivity index (χ1n) is 5.03. The zero-order valence-corrected chi connectivity index (χ0v) is 9.11. The summed E-state index contributed by atoms with van der Waals surface area (Å²) in [6.45, 7) is -0.148. The minimum atomic E-state index is -0.465. The minimum absolute atomic E-state index is 0.0309. The van der Waals surface area contributed by atoms with Crippen molar-refractivity contribution in [3.05, 3.63) is 24.0 Å². The summed E-state index contributed by atoms with van der Waals surface area (Å²) in [4.78, 5) is 0. The minimum Gasteiger partial charge on any atom is -0.494 e. The maximum Gasteiger partial charge on any atom is 0.167 e. The number of halogens is 1. The molecular formula is C11H16FNO3. The SMILES string of the molecule is COc1ccc(NC(CO)CCO)cc1F. The Morgan fingerprint density at radius 3 is 2.69 bits per heavy atom. The number of benzene rings is 1. The van der Waals surface area contributed by atoms with Crippen LogP contribution in [0.4, 0.5) is 10.1 Å². The molecule has 0 fully saturated rings. The highest BCUT2D eigenvalue weighted by Crippen LogP contribution is 2.21. The van der Waals surface area contributed by atoms with Gasteiger partial charge >= 0.3 is 0 Å². The molecule has 0 spiro atoms. The van der Waals surface area contributed by atoms with E-state index in [1.807, 2.05) is 0 Å². The van der Waals surface area contributed by atoms with Crippen LogP contribution in [0.2, 0.25) is 0 Å². The number of ether oxygens (including phenoxy) is 1. The third kappa shape index (κ3) is 3.36. The predicted octanol–water partition coefficient (Wildman–Crippen LogP) is 0.989. The summed E-state index contributed by atoms with van der Waals surface area (Å²) in [5.41, 5.74) is 0.547. The van der Waals surface area contributed by atoms with Gasteiger partial charge in [0, 0.05) is 18.4 Å². The lowest BCUT2D eigenvalue weighted by atomic mass is 10.2. The van der Waals surface area contributed by atoms with Gasteiger partial charge < -0.3 is 20.3 Å². The number of hydrogen-bond donors (Lipinski definition) is 3. The fourth-order valence-corrected chi connectivity index (χ4v) is 1.36. The standard InChI is InChI=1S/C11H16FNO3/c1-16-11-3-2-8(6-10(11)12)13-9(7-15)4-5-14/h2-3,6,9,13-15H,4-5,7H2,1H3. The third-order valence-electron chi connectivity index (χ3n) is 2.22. The second kappa shape index (κ2) is 6.30. The molecule has 0 heterocycles. The van der Waals surface area contributed by atoms with Gasteiger partial charge in [-0.05, 0) is 18.6 Å². The van der Waals surface area contributed by atoms with Crippen LogP contribution < -0.4 is 10.1 Å². The first kappa shape index (κ1) is 12.7. The van der Waals surface area contributed by atoms with Crippen molar-refractivity contribution in [3.8, 4) is 5.75 Å². The van der Waals surface area contributed by atoms with Gasteiger partial charge in [-0.2, -0.15) is 0 Å². The Kier molecular flexibility index (Phi) is 5.01. The summed E-state index contributed by atoms with van der Waals surface area (Å²) in [6.07, 6.45) is 0.407. The molecule has 0 aliphatic carbocycles. The molecule has 0 bridgehead atoms. The van der Waals surface area contributed by atoms with Gasteiger partial charge in [0.05, 0.1) is 19.8 Å². The largest absolute Gasteiger partial charge is 0.494 e. The molecule has 0 radical (unpaired) electrons. The molecule has 0 saturated carbocycles. The average molecular weight is 229 g/mol. The zero-order chi connectivity index (χ0) is 12.0. The van der Waals surface area contributed by atoms with Crippen LogP contribution >= 0.6 is 0 Å². The van der Waals surface area contributed by atoms with Crippen LogP contribution in [0.1, 0.15) is 6.42 Å². The first-order chi connectivity index (χ1) is 7.71.